The molecule has 0 atom stereocenters. The highest BCUT2D eigenvalue weighted by Crippen LogP contribution is 2.34. The molecular formula is C29H23N5O. The molecular weight excluding hydrogens is 434 g/mol. The molecule has 0 fully saturated rings. The van der Waals surface area contributed by atoms with Crippen molar-refractivity contribution in [1.82, 2.24) is 14.3 Å². The second-order valence-electron chi connectivity index (χ2n) is 8.58. The zero-order valence-electron chi connectivity index (χ0n) is 19.5. The predicted octanol–water partition coefficient (Wildman–Crippen LogP) is 5.84. The molecule has 6 rings (SSSR count). The summed E-state index contributed by atoms with van der Waals surface area (Å²) in [5.74, 6) is -0.148. The fourth-order valence-electron chi connectivity index (χ4n) is 4.53. The van der Waals surface area contributed by atoms with E-state index >= 15 is 0 Å². The topological polar surface area (TPSA) is 55.4 Å². The fourth-order valence-corrected chi connectivity index (χ4v) is 4.53. The number of aromatic nitrogens is 3. The van der Waals surface area contributed by atoms with Crippen molar-refractivity contribution in [1.29, 1.82) is 0 Å². The Balaban J connectivity index is 1.51. The van der Waals surface area contributed by atoms with E-state index in [1.807, 2.05) is 104 Å². The molecule has 6 heteroatoms. The lowest BCUT2D eigenvalue weighted by molar-refractivity contribution is -0.114. The number of fused-ring (bicyclic) bond motifs is 1. The van der Waals surface area contributed by atoms with Gasteiger partial charge in [-0.1, -0.05) is 54.6 Å². The second-order valence-corrected chi connectivity index (χ2v) is 8.58. The number of rotatable bonds is 4. The van der Waals surface area contributed by atoms with Crippen LogP contribution in [0.2, 0.25) is 0 Å². The Morgan fingerprint density at radius 2 is 1.46 bits per heavy atom. The van der Waals surface area contributed by atoms with E-state index in [1.54, 1.807) is 0 Å². The minimum absolute atomic E-state index is 0.148. The molecule has 35 heavy (non-hydrogen) atoms. The van der Waals surface area contributed by atoms with Crippen LogP contribution in [0.3, 0.4) is 0 Å². The number of amides is 1. The number of carbonyl (C=O) groups excluding carboxylic acids is 1. The second kappa shape index (κ2) is 8.25. The van der Waals surface area contributed by atoms with E-state index in [1.165, 1.54) is 5.01 Å². The minimum atomic E-state index is -0.148. The summed E-state index contributed by atoms with van der Waals surface area (Å²) in [5.41, 5.74) is 6.75. The van der Waals surface area contributed by atoms with Crippen LogP contribution < -0.4 is 5.01 Å². The van der Waals surface area contributed by atoms with Gasteiger partial charge in [-0.3, -0.25) is 4.79 Å². The monoisotopic (exact) mass is 457 g/mol. The van der Waals surface area contributed by atoms with Crippen molar-refractivity contribution in [2.45, 2.75) is 6.92 Å². The number of hydrogen-bond acceptors (Lipinski definition) is 3. The van der Waals surface area contributed by atoms with Crippen LogP contribution in [-0.2, 0) is 11.8 Å². The molecule has 3 heterocycles. The molecule has 0 saturated heterocycles. The van der Waals surface area contributed by atoms with Gasteiger partial charge < -0.3 is 4.57 Å². The maximum Gasteiger partial charge on any atom is 0.280 e. The van der Waals surface area contributed by atoms with Crippen molar-refractivity contribution in [2.75, 3.05) is 5.01 Å². The largest absolute Gasteiger partial charge is 0.350 e. The molecule has 6 nitrogen and oxygen atoms in total. The van der Waals surface area contributed by atoms with Crippen LogP contribution in [0.1, 0.15) is 12.5 Å². The van der Waals surface area contributed by atoms with Crippen LogP contribution in [0.15, 0.2) is 108 Å². The van der Waals surface area contributed by atoms with E-state index in [2.05, 4.69) is 28.0 Å². The molecule has 170 valence electrons. The van der Waals surface area contributed by atoms with Crippen LogP contribution in [0.4, 0.5) is 5.69 Å². The number of nitrogens with zero attached hydrogens (tertiary/aromatic N) is 5. The van der Waals surface area contributed by atoms with Crippen molar-refractivity contribution < 1.29 is 4.79 Å². The average molecular weight is 458 g/mol. The summed E-state index contributed by atoms with van der Waals surface area (Å²) in [6, 6.07) is 27.7. The number of hydrazone groups is 1. The molecule has 0 saturated carbocycles. The first-order chi connectivity index (χ1) is 17.1. The van der Waals surface area contributed by atoms with E-state index < -0.39 is 0 Å². The van der Waals surface area contributed by atoms with Gasteiger partial charge in [-0.05, 0) is 43.3 Å². The molecule has 0 N–H and O–H groups in total. The van der Waals surface area contributed by atoms with Crippen LogP contribution in [0, 0.1) is 0 Å². The molecule has 1 amide bonds. The number of hydrogen-bond donors (Lipinski definition) is 0. The van der Waals surface area contributed by atoms with Crippen LogP contribution >= 0.6 is 0 Å². The fraction of sp³-hybridized carbons (Fsp3) is 0.0690. The minimum Gasteiger partial charge on any atom is -0.350 e. The van der Waals surface area contributed by atoms with Gasteiger partial charge in [0.1, 0.15) is 5.69 Å². The molecule has 0 radical (unpaired) electrons. The summed E-state index contributed by atoms with van der Waals surface area (Å²) >= 11 is 0. The van der Waals surface area contributed by atoms with E-state index in [4.69, 9.17) is 5.10 Å². The van der Waals surface area contributed by atoms with Crippen molar-refractivity contribution >= 4 is 34.3 Å². The van der Waals surface area contributed by atoms with E-state index in [0.717, 1.165) is 39.1 Å². The van der Waals surface area contributed by atoms with Gasteiger partial charge in [0.2, 0.25) is 0 Å². The first-order valence-corrected chi connectivity index (χ1v) is 11.5. The first kappa shape index (κ1) is 20.9. The number of carbonyl (C=O) groups is 1. The third kappa shape index (κ3) is 3.56. The van der Waals surface area contributed by atoms with Crippen molar-refractivity contribution in [2.24, 2.45) is 12.1 Å². The van der Waals surface area contributed by atoms with Crippen molar-refractivity contribution in [3.8, 4) is 16.9 Å². The Hall–Kier alpha value is -4.71. The highest BCUT2D eigenvalue weighted by Gasteiger charge is 2.29. The smallest absolute Gasteiger partial charge is 0.280 e. The highest BCUT2D eigenvalue weighted by atomic mass is 16.2. The Labute approximate surface area is 203 Å². The van der Waals surface area contributed by atoms with E-state index in [9.17, 15) is 4.79 Å². The van der Waals surface area contributed by atoms with Gasteiger partial charge in [-0.25, -0.2) is 4.68 Å². The summed E-state index contributed by atoms with van der Waals surface area (Å²) < 4.78 is 3.97. The van der Waals surface area contributed by atoms with E-state index in [0.29, 0.717) is 11.3 Å². The SMILES string of the molecule is CC1=NN(c2ccccc2)C(=O)/C1=C/c1cn(-c2ccccc2)nc1-c1cn(C)c2ccccc12. The molecule has 0 spiro atoms. The molecule has 0 unspecified atom stereocenters. The maximum atomic E-state index is 13.4. The highest BCUT2D eigenvalue weighted by molar-refractivity contribution is 6.32. The van der Waals surface area contributed by atoms with Crippen molar-refractivity contribution in [3.63, 3.8) is 0 Å². The van der Waals surface area contributed by atoms with Gasteiger partial charge in [-0.2, -0.15) is 15.2 Å². The number of benzene rings is 3. The average Bonchev–Trinajstić information content (AvgIpc) is 3.55. The lowest BCUT2D eigenvalue weighted by atomic mass is 10.0. The Kier molecular flexibility index (Phi) is 4.92. The zero-order valence-corrected chi connectivity index (χ0v) is 19.5. The Morgan fingerprint density at radius 3 is 2.20 bits per heavy atom. The first-order valence-electron chi connectivity index (χ1n) is 11.5. The predicted molar refractivity (Wildman–Crippen MR) is 140 cm³/mol. The molecule has 1 aliphatic rings. The molecule has 2 aromatic heterocycles. The number of para-hydroxylation sites is 3. The van der Waals surface area contributed by atoms with E-state index in [-0.39, 0.29) is 5.91 Å². The zero-order chi connectivity index (χ0) is 23.9. The summed E-state index contributed by atoms with van der Waals surface area (Å²) in [5, 5.41) is 12.1. The van der Waals surface area contributed by atoms with Crippen LogP contribution in [0.5, 0.6) is 0 Å². The van der Waals surface area contributed by atoms with Crippen LogP contribution in [-0.4, -0.2) is 26.0 Å². The maximum absolute atomic E-state index is 13.4. The molecule has 0 bridgehead atoms. The molecule has 5 aromatic rings. The quantitative estimate of drug-likeness (QED) is 0.319. The van der Waals surface area contributed by atoms with Crippen LogP contribution in [0.25, 0.3) is 33.9 Å². The van der Waals surface area contributed by atoms with Gasteiger partial charge in [0.05, 0.1) is 22.7 Å². The summed E-state index contributed by atoms with van der Waals surface area (Å²) in [7, 11) is 2.03. The van der Waals surface area contributed by atoms with Gasteiger partial charge in [0, 0.05) is 41.5 Å². The third-order valence-corrected chi connectivity index (χ3v) is 6.28. The normalized spacial score (nSPS) is 14.8. The standard InChI is InChI=1S/C29H23N5O/c1-20-25(29(35)34(30-20)23-13-7-4-8-14-23)17-21-18-33(22-11-5-3-6-12-22)31-28(21)26-19-32(2)27-16-10-9-15-24(26)27/h3-19H,1-2H3/b25-17+. The number of anilines is 1. The van der Waals surface area contributed by atoms with Gasteiger partial charge in [0.25, 0.3) is 5.91 Å². The summed E-state index contributed by atoms with van der Waals surface area (Å²) in [6.07, 6.45) is 5.98. The van der Waals surface area contributed by atoms with Crippen molar-refractivity contribution in [3.05, 3.63) is 108 Å². The Bertz CT molecular complexity index is 1620. The summed E-state index contributed by atoms with van der Waals surface area (Å²) in [4.78, 5) is 13.4. The molecule has 0 aliphatic carbocycles. The number of aryl methyl sites for hydroxylation is 1. The third-order valence-electron chi connectivity index (χ3n) is 6.28. The van der Waals surface area contributed by atoms with Gasteiger partial charge in [0.15, 0.2) is 0 Å². The Morgan fingerprint density at radius 1 is 0.800 bits per heavy atom. The van der Waals surface area contributed by atoms with Gasteiger partial charge in [-0.15, -0.1) is 0 Å². The van der Waals surface area contributed by atoms with Gasteiger partial charge >= 0.3 is 0 Å². The lowest BCUT2D eigenvalue weighted by Crippen LogP contribution is -2.21. The molecule has 3 aromatic carbocycles. The summed E-state index contributed by atoms with van der Waals surface area (Å²) in [6.45, 7) is 1.87. The lowest BCUT2D eigenvalue weighted by Gasteiger charge is -2.10. The molecule has 1 aliphatic heterocycles.